The average molecular weight is 349 g/mol. The Kier molecular flexibility index (Phi) is 4.15. The van der Waals surface area contributed by atoms with Crippen LogP contribution in [0.2, 0.25) is 0 Å². The summed E-state index contributed by atoms with van der Waals surface area (Å²) < 4.78 is 49.1. The second-order valence-corrected chi connectivity index (χ2v) is 9.07. The molecule has 0 bridgehead atoms. The molecule has 9 nitrogen and oxygen atoms in total. The van der Waals surface area contributed by atoms with Gasteiger partial charge >= 0.3 is 5.97 Å². The van der Waals surface area contributed by atoms with E-state index < -0.39 is 49.9 Å². The van der Waals surface area contributed by atoms with E-state index in [1.807, 2.05) is 0 Å². The molecule has 2 rings (SSSR count). The molecule has 0 radical (unpaired) electrons. The largest absolute Gasteiger partial charge is 0.480 e. The molecule has 1 aromatic rings. The third kappa shape index (κ3) is 3.05. The van der Waals surface area contributed by atoms with E-state index in [-0.39, 0.29) is 10.7 Å². The van der Waals surface area contributed by atoms with Crippen molar-refractivity contribution in [3.05, 3.63) is 17.8 Å². The molecule has 1 aliphatic heterocycles. The summed E-state index contributed by atoms with van der Waals surface area (Å²) in [5.41, 5.74) is 6.11. The molecule has 1 fully saturated rings. The molecule has 1 unspecified atom stereocenters. The summed E-state index contributed by atoms with van der Waals surface area (Å²) in [6, 6.07) is -0.400. The number of aliphatic carboxylic acids is 1. The maximum atomic E-state index is 12.6. The highest BCUT2D eigenvalue weighted by atomic mass is 32.2. The van der Waals surface area contributed by atoms with E-state index in [0.29, 0.717) is 9.87 Å². The highest BCUT2D eigenvalue weighted by Crippen LogP contribution is 2.26. The zero-order valence-electron chi connectivity index (χ0n) is 11.6. The monoisotopic (exact) mass is 349 g/mol. The van der Waals surface area contributed by atoms with Crippen LogP contribution in [0.1, 0.15) is 5.56 Å². The molecule has 0 aliphatic carbocycles. The maximum absolute atomic E-state index is 12.6. The van der Waals surface area contributed by atoms with Gasteiger partial charge in [-0.1, -0.05) is 0 Å². The van der Waals surface area contributed by atoms with Crippen molar-refractivity contribution in [2.75, 3.05) is 23.8 Å². The van der Waals surface area contributed by atoms with E-state index in [0.717, 1.165) is 0 Å². The van der Waals surface area contributed by atoms with Crippen LogP contribution < -0.4 is 5.73 Å². The summed E-state index contributed by atoms with van der Waals surface area (Å²) >= 11 is 0. The molecule has 3 N–H and O–H groups in total. The van der Waals surface area contributed by atoms with Crippen LogP contribution in [0.25, 0.3) is 0 Å². The fourth-order valence-electron chi connectivity index (χ4n) is 2.16. The molecule has 0 amide bonds. The number of pyridine rings is 1. The first-order valence-corrected chi connectivity index (χ1v) is 9.48. The average Bonchev–Trinajstić information content (AvgIpc) is 2.40. The smallest absolute Gasteiger partial charge is 0.323 e. The van der Waals surface area contributed by atoms with Gasteiger partial charge in [0.05, 0.1) is 11.5 Å². The van der Waals surface area contributed by atoms with Gasteiger partial charge in [0, 0.05) is 12.7 Å². The van der Waals surface area contributed by atoms with Crippen molar-refractivity contribution in [1.82, 2.24) is 9.29 Å². The van der Waals surface area contributed by atoms with Crippen LogP contribution in [-0.2, 0) is 24.7 Å². The zero-order valence-corrected chi connectivity index (χ0v) is 13.3. The van der Waals surface area contributed by atoms with Gasteiger partial charge in [0.2, 0.25) is 10.0 Å². The van der Waals surface area contributed by atoms with Crippen molar-refractivity contribution in [3.63, 3.8) is 0 Å². The Hall–Kier alpha value is -1.72. The number of aromatic nitrogens is 1. The second-order valence-electron chi connectivity index (χ2n) is 4.98. The molecule has 1 atom stereocenters. The summed E-state index contributed by atoms with van der Waals surface area (Å²) in [7, 11) is -7.86. The van der Waals surface area contributed by atoms with Crippen LogP contribution in [0, 0.1) is 6.92 Å². The molecular weight excluding hydrogens is 334 g/mol. The molecule has 11 heteroatoms. The quantitative estimate of drug-likeness (QED) is 0.694. The van der Waals surface area contributed by atoms with Crippen molar-refractivity contribution in [2.45, 2.75) is 17.9 Å². The van der Waals surface area contributed by atoms with Crippen LogP contribution in [0.15, 0.2) is 17.2 Å². The topological polar surface area (TPSA) is 148 Å². The van der Waals surface area contributed by atoms with E-state index in [9.17, 15) is 21.6 Å². The minimum absolute atomic E-state index is 0.261. The van der Waals surface area contributed by atoms with E-state index in [1.165, 1.54) is 12.3 Å². The Labute approximate surface area is 127 Å². The standard InChI is InChI=1S/C11H15N3O6S2/c1-7-4-9(10(12)13-5-7)22(19,20)14-2-3-21(17,18)6-8(14)11(15)16/h4-5,8H,2-3,6H2,1H3,(H2,12,13)(H,15,16). The number of nitrogens with two attached hydrogens (primary N) is 1. The van der Waals surface area contributed by atoms with Crippen LogP contribution in [0.3, 0.4) is 0 Å². The lowest BCUT2D eigenvalue weighted by Gasteiger charge is -2.31. The number of hydrogen-bond donors (Lipinski definition) is 2. The fourth-order valence-corrected chi connectivity index (χ4v) is 5.55. The van der Waals surface area contributed by atoms with Gasteiger partial charge in [-0.05, 0) is 18.6 Å². The first-order chi connectivity index (χ1) is 10.0. The summed E-state index contributed by atoms with van der Waals surface area (Å²) in [5.74, 6) is -2.98. The predicted octanol–water partition coefficient (Wildman–Crippen LogP) is -1.16. The number of carboxylic acid groups (broad SMARTS) is 1. The number of anilines is 1. The second kappa shape index (κ2) is 5.48. The number of nitrogens with zero attached hydrogens (tertiary/aromatic N) is 2. The van der Waals surface area contributed by atoms with Gasteiger partial charge in [0.15, 0.2) is 9.84 Å². The Morgan fingerprint density at radius 2 is 2.14 bits per heavy atom. The molecule has 1 saturated heterocycles. The maximum Gasteiger partial charge on any atom is 0.323 e. The van der Waals surface area contributed by atoms with Crippen molar-refractivity contribution in [3.8, 4) is 0 Å². The summed E-state index contributed by atoms with van der Waals surface area (Å²) in [6.45, 7) is 1.18. The molecule has 2 heterocycles. The van der Waals surface area contributed by atoms with Gasteiger partial charge in [-0.3, -0.25) is 4.79 Å². The van der Waals surface area contributed by atoms with Gasteiger partial charge in [0.1, 0.15) is 16.8 Å². The Bertz CT molecular complexity index is 818. The molecule has 1 aromatic heterocycles. The van der Waals surface area contributed by atoms with Crippen molar-refractivity contribution >= 4 is 31.6 Å². The van der Waals surface area contributed by atoms with Crippen molar-refractivity contribution in [2.24, 2.45) is 0 Å². The SMILES string of the molecule is Cc1cnc(N)c(S(=O)(=O)N2CCS(=O)(=O)CC2C(=O)O)c1. The van der Waals surface area contributed by atoms with E-state index in [4.69, 9.17) is 10.8 Å². The zero-order chi connectivity index (χ0) is 16.7. The molecule has 1 aliphatic rings. The Morgan fingerprint density at radius 3 is 2.73 bits per heavy atom. The van der Waals surface area contributed by atoms with Gasteiger partial charge in [-0.25, -0.2) is 21.8 Å². The Balaban J connectivity index is 2.52. The minimum Gasteiger partial charge on any atom is -0.480 e. The third-order valence-electron chi connectivity index (χ3n) is 3.27. The molecule has 22 heavy (non-hydrogen) atoms. The van der Waals surface area contributed by atoms with Crippen molar-refractivity contribution < 1.29 is 26.7 Å². The summed E-state index contributed by atoms with van der Waals surface area (Å²) in [5, 5.41) is 9.16. The number of hydrogen-bond acceptors (Lipinski definition) is 7. The number of sulfonamides is 1. The fraction of sp³-hybridized carbons (Fsp3) is 0.455. The molecule has 0 spiro atoms. The van der Waals surface area contributed by atoms with Crippen LogP contribution in [0.5, 0.6) is 0 Å². The lowest BCUT2D eigenvalue weighted by Crippen LogP contribution is -2.54. The Morgan fingerprint density at radius 1 is 1.50 bits per heavy atom. The summed E-state index contributed by atoms with van der Waals surface area (Å²) in [4.78, 5) is 14.7. The van der Waals surface area contributed by atoms with E-state index in [2.05, 4.69) is 4.98 Å². The minimum atomic E-state index is -4.26. The number of carbonyl (C=O) groups is 1. The molecule has 0 saturated carbocycles. The lowest BCUT2D eigenvalue weighted by atomic mass is 10.3. The summed E-state index contributed by atoms with van der Waals surface area (Å²) in [6.07, 6.45) is 1.38. The normalized spacial score (nSPS) is 22.3. The predicted molar refractivity (Wildman–Crippen MR) is 77.4 cm³/mol. The van der Waals surface area contributed by atoms with Crippen LogP contribution >= 0.6 is 0 Å². The molecule has 122 valence electrons. The molecular formula is C11H15N3O6S2. The number of carboxylic acids is 1. The van der Waals surface area contributed by atoms with Crippen LogP contribution in [0.4, 0.5) is 5.82 Å². The number of sulfone groups is 1. The molecule has 0 aromatic carbocycles. The lowest BCUT2D eigenvalue weighted by molar-refractivity contribution is -0.140. The first kappa shape index (κ1) is 16.6. The number of rotatable bonds is 3. The van der Waals surface area contributed by atoms with Crippen LogP contribution in [-0.4, -0.2) is 61.3 Å². The van der Waals surface area contributed by atoms with E-state index in [1.54, 1.807) is 6.92 Å². The highest BCUT2D eigenvalue weighted by Gasteiger charge is 2.43. The first-order valence-electron chi connectivity index (χ1n) is 6.22. The van der Waals surface area contributed by atoms with Gasteiger partial charge in [0.25, 0.3) is 0 Å². The number of aryl methyl sites for hydroxylation is 1. The van der Waals surface area contributed by atoms with Gasteiger partial charge in [-0.15, -0.1) is 0 Å². The van der Waals surface area contributed by atoms with Gasteiger partial charge in [-0.2, -0.15) is 4.31 Å². The third-order valence-corrected chi connectivity index (χ3v) is 6.84. The van der Waals surface area contributed by atoms with E-state index >= 15 is 0 Å². The highest BCUT2D eigenvalue weighted by molar-refractivity contribution is 7.92. The number of nitrogen functional groups attached to an aromatic ring is 1. The van der Waals surface area contributed by atoms with Crippen molar-refractivity contribution in [1.29, 1.82) is 0 Å². The van der Waals surface area contributed by atoms with Gasteiger partial charge < -0.3 is 10.8 Å².